The van der Waals surface area contributed by atoms with Crippen LogP contribution in [0.25, 0.3) is 10.9 Å². The zero-order valence-electron chi connectivity index (χ0n) is 12.6. The summed E-state index contributed by atoms with van der Waals surface area (Å²) in [4.78, 5) is 20.4. The number of amides is 1. The van der Waals surface area contributed by atoms with Gasteiger partial charge in [-0.1, -0.05) is 18.2 Å². The molecule has 4 nitrogen and oxygen atoms in total. The van der Waals surface area contributed by atoms with Crippen molar-refractivity contribution in [3.63, 3.8) is 0 Å². The Bertz CT molecular complexity index is 650. The maximum absolute atomic E-state index is 11.8. The van der Waals surface area contributed by atoms with Gasteiger partial charge in [-0.15, -0.1) is 0 Å². The van der Waals surface area contributed by atoms with E-state index >= 15 is 0 Å². The lowest BCUT2D eigenvalue weighted by molar-refractivity contribution is -0.127. The highest BCUT2D eigenvalue weighted by Gasteiger charge is 2.29. The first-order chi connectivity index (χ1) is 10.2. The molecule has 1 aliphatic rings. The van der Waals surface area contributed by atoms with E-state index in [0.29, 0.717) is 12.3 Å². The van der Waals surface area contributed by atoms with Gasteiger partial charge >= 0.3 is 0 Å². The topological polar surface area (TPSA) is 36.4 Å². The summed E-state index contributed by atoms with van der Waals surface area (Å²) in [6.45, 7) is 4.64. The molecule has 1 amide bonds. The van der Waals surface area contributed by atoms with E-state index in [4.69, 9.17) is 0 Å². The lowest BCUT2D eigenvalue weighted by Gasteiger charge is -2.24. The number of rotatable bonds is 4. The molecule has 2 heterocycles. The van der Waals surface area contributed by atoms with E-state index in [9.17, 15) is 4.79 Å². The minimum absolute atomic E-state index is 0.287. The van der Waals surface area contributed by atoms with Crippen LogP contribution in [0.15, 0.2) is 36.5 Å². The number of likely N-dealkylation sites (tertiary alicyclic amines) is 1. The van der Waals surface area contributed by atoms with Crippen molar-refractivity contribution in [1.82, 2.24) is 9.88 Å². The van der Waals surface area contributed by atoms with E-state index in [0.717, 1.165) is 25.2 Å². The summed E-state index contributed by atoms with van der Waals surface area (Å²) < 4.78 is 0. The lowest BCUT2D eigenvalue weighted by atomic mass is 10.1. The number of carbonyl (C=O) groups excluding carboxylic acids is 1. The van der Waals surface area contributed by atoms with Gasteiger partial charge in [0.1, 0.15) is 0 Å². The van der Waals surface area contributed by atoms with Crippen molar-refractivity contribution in [2.24, 2.45) is 5.92 Å². The molecular weight excluding hydrogens is 262 g/mol. The molecule has 0 radical (unpaired) electrons. The van der Waals surface area contributed by atoms with Gasteiger partial charge in [0.05, 0.1) is 5.52 Å². The first kappa shape index (κ1) is 13.9. The molecular formula is C17H21N3O. The zero-order valence-corrected chi connectivity index (χ0v) is 12.6. The number of aromatic nitrogens is 1. The Kier molecular flexibility index (Phi) is 3.78. The predicted molar refractivity (Wildman–Crippen MR) is 85.4 cm³/mol. The summed E-state index contributed by atoms with van der Waals surface area (Å²) in [6.07, 6.45) is 2.52. The summed E-state index contributed by atoms with van der Waals surface area (Å²) in [7, 11) is 2.10. The van der Waals surface area contributed by atoms with E-state index < -0.39 is 0 Å². The molecule has 0 spiro atoms. The fourth-order valence-electron chi connectivity index (χ4n) is 3.18. The fraction of sp³-hybridized carbons (Fsp3) is 0.412. The third-order valence-electron chi connectivity index (χ3n) is 4.25. The maximum Gasteiger partial charge on any atom is 0.222 e. The number of nitrogens with zero attached hydrogens (tertiary/aromatic N) is 3. The number of pyridine rings is 1. The molecule has 0 aliphatic carbocycles. The van der Waals surface area contributed by atoms with Crippen LogP contribution in [0.5, 0.6) is 0 Å². The van der Waals surface area contributed by atoms with Gasteiger partial charge in [-0.2, -0.15) is 0 Å². The number of para-hydroxylation sites is 1. The molecule has 1 aromatic carbocycles. The van der Waals surface area contributed by atoms with Crippen molar-refractivity contribution in [3.05, 3.63) is 36.5 Å². The average molecular weight is 283 g/mol. The van der Waals surface area contributed by atoms with E-state index in [1.54, 1.807) is 0 Å². The van der Waals surface area contributed by atoms with Crippen LogP contribution < -0.4 is 4.90 Å². The number of hydrogen-bond acceptors (Lipinski definition) is 3. The molecule has 1 saturated heterocycles. The van der Waals surface area contributed by atoms with Gasteiger partial charge in [0.2, 0.25) is 5.91 Å². The third-order valence-corrected chi connectivity index (χ3v) is 4.25. The predicted octanol–water partition coefficient (Wildman–Crippen LogP) is 2.54. The van der Waals surface area contributed by atoms with Gasteiger partial charge in [-0.25, -0.2) is 0 Å². The van der Waals surface area contributed by atoms with Crippen LogP contribution in [-0.2, 0) is 4.79 Å². The van der Waals surface area contributed by atoms with Crippen molar-refractivity contribution in [2.75, 3.05) is 31.6 Å². The van der Waals surface area contributed by atoms with E-state index in [-0.39, 0.29) is 5.91 Å². The second-order valence-electron chi connectivity index (χ2n) is 5.73. The van der Waals surface area contributed by atoms with E-state index in [2.05, 4.69) is 29.1 Å². The largest absolute Gasteiger partial charge is 0.374 e. The molecule has 1 fully saturated rings. The fourth-order valence-corrected chi connectivity index (χ4v) is 3.18. The third kappa shape index (κ3) is 2.71. The SMILES string of the molecule is CCN1CC(CN(C)c2ccnc3ccccc23)CC1=O. The van der Waals surface area contributed by atoms with Gasteiger partial charge in [-0.05, 0) is 19.1 Å². The second-order valence-corrected chi connectivity index (χ2v) is 5.73. The lowest BCUT2D eigenvalue weighted by Crippen LogP contribution is -2.28. The molecule has 0 bridgehead atoms. The van der Waals surface area contributed by atoms with Gasteiger partial charge in [0.15, 0.2) is 0 Å². The molecule has 4 heteroatoms. The number of benzene rings is 1. The van der Waals surface area contributed by atoms with Gasteiger partial charge < -0.3 is 9.80 Å². The van der Waals surface area contributed by atoms with Crippen molar-refractivity contribution in [3.8, 4) is 0 Å². The number of anilines is 1. The minimum atomic E-state index is 0.287. The summed E-state index contributed by atoms with van der Waals surface area (Å²) in [5.41, 5.74) is 2.20. The average Bonchev–Trinajstić information content (AvgIpc) is 2.86. The Hall–Kier alpha value is -2.10. The smallest absolute Gasteiger partial charge is 0.222 e. The minimum Gasteiger partial charge on any atom is -0.374 e. The molecule has 2 aromatic rings. The van der Waals surface area contributed by atoms with Gasteiger partial charge in [0.25, 0.3) is 0 Å². The molecule has 0 saturated carbocycles. The van der Waals surface area contributed by atoms with Crippen molar-refractivity contribution >= 4 is 22.5 Å². The quantitative estimate of drug-likeness (QED) is 0.865. The first-order valence-corrected chi connectivity index (χ1v) is 7.51. The summed E-state index contributed by atoms with van der Waals surface area (Å²) in [5, 5.41) is 1.17. The number of hydrogen-bond donors (Lipinski definition) is 0. The van der Waals surface area contributed by atoms with Gasteiger partial charge in [-0.3, -0.25) is 9.78 Å². The van der Waals surface area contributed by atoms with Crippen LogP contribution in [-0.4, -0.2) is 42.5 Å². The molecule has 1 aliphatic heterocycles. The van der Waals surface area contributed by atoms with Crippen LogP contribution in [0.4, 0.5) is 5.69 Å². The van der Waals surface area contributed by atoms with Crippen LogP contribution in [0, 0.1) is 5.92 Å². The van der Waals surface area contributed by atoms with Crippen molar-refractivity contribution in [2.45, 2.75) is 13.3 Å². The Morgan fingerprint density at radius 2 is 2.14 bits per heavy atom. The molecule has 0 N–H and O–H groups in total. The Labute approximate surface area is 125 Å². The molecule has 1 aromatic heterocycles. The normalized spacial score (nSPS) is 18.5. The molecule has 1 atom stereocenters. The number of carbonyl (C=O) groups is 1. The monoisotopic (exact) mass is 283 g/mol. The maximum atomic E-state index is 11.8. The van der Waals surface area contributed by atoms with Crippen LogP contribution >= 0.6 is 0 Å². The molecule has 110 valence electrons. The van der Waals surface area contributed by atoms with Crippen LogP contribution in [0.1, 0.15) is 13.3 Å². The number of fused-ring (bicyclic) bond motifs is 1. The molecule has 1 unspecified atom stereocenters. The second kappa shape index (κ2) is 5.72. The summed E-state index contributed by atoms with van der Waals surface area (Å²) in [6, 6.07) is 10.2. The highest BCUT2D eigenvalue weighted by molar-refractivity contribution is 5.91. The Morgan fingerprint density at radius 3 is 2.90 bits per heavy atom. The highest BCUT2D eigenvalue weighted by atomic mass is 16.2. The van der Waals surface area contributed by atoms with Crippen molar-refractivity contribution < 1.29 is 4.79 Å². The Balaban J connectivity index is 1.79. The first-order valence-electron chi connectivity index (χ1n) is 7.51. The van der Waals surface area contributed by atoms with Crippen LogP contribution in [0.3, 0.4) is 0 Å². The standard InChI is InChI=1S/C17H21N3O/c1-3-20-12-13(10-17(20)21)11-19(2)16-8-9-18-15-7-5-4-6-14(15)16/h4-9,13H,3,10-12H2,1-2H3. The van der Waals surface area contributed by atoms with E-state index in [1.165, 1.54) is 11.1 Å². The Morgan fingerprint density at radius 1 is 1.33 bits per heavy atom. The summed E-state index contributed by atoms with van der Waals surface area (Å²) in [5.74, 6) is 0.699. The summed E-state index contributed by atoms with van der Waals surface area (Å²) >= 11 is 0. The van der Waals surface area contributed by atoms with E-state index in [1.807, 2.05) is 36.2 Å². The zero-order chi connectivity index (χ0) is 14.8. The van der Waals surface area contributed by atoms with Crippen molar-refractivity contribution in [1.29, 1.82) is 0 Å². The van der Waals surface area contributed by atoms with Gasteiger partial charge in [0, 0.05) is 56.3 Å². The van der Waals surface area contributed by atoms with Crippen LogP contribution in [0.2, 0.25) is 0 Å². The molecule has 21 heavy (non-hydrogen) atoms. The molecule has 3 rings (SSSR count). The highest BCUT2D eigenvalue weighted by Crippen LogP contribution is 2.26.